The van der Waals surface area contributed by atoms with Crippen LogP contribution in [0, 0.1) is 12.8 Å². The number of aryl methyl sites for hydroxylation is 1. The van der Waals surface area contributed by atoms with Crippen LogP contribution in [0.25, 0.3) is 0 Å². The lowest BCUT2D eigenvalue weighted by Gasteiger charge is -2.18. The molecule has 3 aromatic rings. The molecule has 1 amide bonds. The summed E-state index contributed by atoms with van der Waals surface area (Å²) in [5, 5.41) is 0. The first-order valence-electron chi connectivity index (χ1n) is 13.6. The number of aromatic nitrogens is 1. The highest BCUT2D eigenvalue weighted by molar-refractivity contribution is 6.04. The van der Waals surface area contributed by atoms with E-state index >= 15 is 0 Å². The van der Waals surface area contributed by atoms with Gasteiger partial charge < -0.3 is 19.1 Å². The van der Waals surface area contributed by atoms with Crippen molar-refractivity contribution in [3.05, 3.63) is 77.5 Å². The maximum atomic E-state index is 13.2. The van der Waals surface area contributed by atoms with Crippen LogP contribution in [0.2, 0.25) is 0 Å². The molecule has 1 saturated carbocycles. The zero-order valence-electron chi connectivity index (χ0n) is 23.3. The predicted octanol–water partition coefficient (Wildman–Crippen LogP) is 5.45. The van der Waals surface area contributed by atoms with E-state index in [9.17, 15) is 18.4 Å². The number of hydrogen-bond donors (Lipinski definition) is 0. The molecule has 0 bridgehead atoms. The van der Waals surface area contributed by atoms with Gasteiger partial charge in [0.15, 0.2) is 11.5 Å². The van der Waals surface area contributed by atoms with E-state index in [2.05, 4.69) is 9.72 Å². The minimum Gasteiger partial charge on any atom is -0.489 e. The van der Waals surface area contributed by atoms with Crippen molar-refractivity contribution in [2.75, 3.05) is 32.1 Å². The fourth-order valence-electron chi connectivity index (χ4n) is 4.91. The molecule has 0 unspecified atom stereocenters. The summed E-state index contributed by atoms with van der Waals surface area (Å²) in [5.74, 6) is -0.0968. The van der Waals surface area contributed by atoms with E-state index in [1.54, 1.807) is 31.3 Å². The fraction of sp³-hybridized carbons (Fsp3) is 0.387. The second-order valence-corrected chi connectivity index (χ2v) is 10.7. The molecule has 1 aromatic heterocycles. The Kier molecular flexibility index (Phi) is 8.49. The molecular formula is C31H33F2N3O5. The average molecular weight is 566 g/mol. The van der Waals surface area contributed by atoms with Crippen molar-refractivity contribution in [2.24, 2.45) is 5.92 Å². The summed E-state index contributed by atoms with van der Waals surface area (Å²) in [6, 6.07) is 16.7. The maximum absolute atomic E-state index is 13.2. The van der Waals surface area contributed by atoms with E-state index < -0.39 is 18.6 Å². The number of anilines is 1. The van der Waals surface area contributed by atoms with Gasteiger partial charge in [0, 0.05) is 25.3 Å². The van der Waals surface area contributed by atoms with Gasteiger partial charge in [0.1, 0.15) is 11.7 Å². The van der Waals surface area contributed by atoms with Crippen molar-refractivity contribution in [3.8, 4) is 17.4 Å². The molecule has 1 aliphatic heterocycles. The van der Waals surface area contributed by atoms with E-state index in [0.29, 0.717) is 25.5 Å². The Morgan fingerprint density at radius 1 is 1.07 bits per heavy atom. The van der Waals surface area contributed by atoms with Gasteiger partial charge in [-0.1, -0.05) is 29.8 Å². The van der Waals surface area contributed by atoms with E-state index in [1.807, 2.05) is 43.1 Å². The summed E-state index contributed by atoms with van der Waals surface area (Å²) >= 11 is 0. The summed E-state index contributed by atoms with van der Waals surface area (Å²) in [6.07, 6.45) is 2.59. The molecule has 2 fully saturated rings. The van der Waals surface area contributed by atoms with Crippen LogP contribution in [0.5, 0.6) is 17.4 Å². The molecule has 8 nitrogen and oxygen atoms in total. The molecule has 0 spiro atoms. The number of ether oxygens (including phenoxy) is 3. The third-order valence-electron chi connectivity index (χ3n) is 7.52. The topological polar surface area (TPSA) is 81.2 Å². The maximum Gasteiger partial charge on any atom is 0.387 e. The Labute approximate surface area is 237 Å². The number of amides is 1. The summed E-state index contributed by atoms with van der Waals surface area (Å²) in [5.41, 5.74) is 2.82. The first kappa shape index (κ1) is 28.5. The largest absolute Gasteiger partial charge is 0.489 e. The molecule has 2 aliphatic rings. The van der Waals surface area contributed by atoms with Crippen molar-refractivity contribution in [1.82, 2.24) is 9.88 Å². The van der Waals surface area contributed by atoms with Crippen molar-refractivity contribution < 1.29 is 32.6 Å². The molecular weight excluding hydrogens is 532 g/mol. The lowest BCUT2D eigenvalue weighted by Crippen LogP contribution is -2.36. The van der Waals surface area contributed by atoms with Crippen LogP contribution in [0.3, 0.4) is 0 Å². The number of esters is 1. The van der Waals surface area contributed by atoms with Crippen LogP contribution < -0.4 is 19.1 Å². The summed E-state index contributed by atoms with van der Waals surface area (Å²) in [6.45, 7) is 0.0340. The minimum atomic E-state index is -2.95. The highest BCUT2D eigenvalue weighted by atomic mass is 19.3. The van der Waals surface area contributed by atoms with Gasteiger partial charge in [-0.25, -0.2) is 9.78 Å². The minimum absolute atomic E-state index is 0.000220. The first-order valence-corrected chi connectivity index (χ1v) is 13.6. The van der Waals surface area contributed by atoms with Crippen LogP contribution in [0.15, 0.2) is 60.7 Å². The van der Waals surface area contributed by atoms with E-state index in [-0.39, 0.29) is 34.9 Å². The molecule has 10 heteroatoms. The molecule has 216 valence electrons. The van der Waals surface area contributed by atoms with Crippen molar-refractivity contribution in [3.63, 3.8) is 0 Å². The van der Waals surface area contributed by atoms with Gasteiger partial charge in [-0.2, -0.15) is 8.78 Å². The van der Waals surface area contributed by atoms with Gasteiger partial charge in [-0.05, 0) is 81.0 Å². The highest BCUT2D eigenvalue weighted by Gasteiger charge is 2.37. The lowest BCUT2D eigenvalue weighted by atomic mass is 9.96. The van der Waals surface area contributed by atoms with E-state index in [4.69, 9.17) is 9.47 Å². The van der Waals surface area contributed by atoms with Crippen LogP contribution in [-0.2, 0) is 4.79 Å². The van der Waals surface area contributed by atoms with Gasteiger partial charge >= 0.3 is 12.6 Å². The summed E-state index contributed by atoms with van der Waals surface area (Å²) in [4.78, 5) is 33.9. The van der Waals surface area contributed by atoms with Crippen LogP contribution >= 0.6 is 0 Å². The fourth-order valence-corrected chi connectivity index (χ4v) is 4.91. The van der Waals surface area contributed by atoms with Crippen molar-refractivity contribution >= 4 is 17.6 Å². The number of halogens is 2. The number of rotatable bonds is 10. The van der Waals surface area contributed by atoms with Gasteiger partial charge in [-0.15, -0.1) is 0 Å². The number of nitrogens with zero attached hydrogens (tertiary/aromatic N) is 3. The van der Waals surface area contributed by atoms with Crippen LogP contribution in [0.1, 0.15) is 46.8 Å². The SMILES string of the molecule is Cc1ccc(N(C)C(=O)c2cccc(OC(=O)[C@H]3C[C@H](c4ccc(OC(F)F)c(OCC5CC5)c4)CN3C)n2)cc1. The highest BCUT2D eigenvalue weighted by Crippen LogP contribution is 2.38. The number of carbonyl (C=O) groups is 2. The van der Waals surface area contributed by atoms with Gasteiger partial charge in [0.25, 0.3) is 5.91 Å². The molecule has 5 rings (SSSR count). The molecule has 1 saturated heterocycles. The molecule has 41 heavy (non-hydrogen) atoms. The zero-order valence-corrected chi connectivity index (χ0v) is 23.3. The molecule has 1 aliphatic carbocycles. The van der Waals surface area contributed by atoms with Gasteiger partial charge in [0.2, 0.25) is 5.88 Å². The van der Waals surface area contributed by atoms with Gasteiger partial charge in [-0.3, -0.25) is 9.69 Å². The van der Waals surface area contributed by atoms with Crippen LogP contribution in [-0.4, -0.2) is 61.7 Å². The Bertz CT molecular complexity index is 1400. The Morgan fingerprint density at radius 2 is 1.83 bits per heavy atom. The van der Waals surface area contributed by atoms with Crippen molar-refractivity contribution in [2.45, 2.75) is 44.8 Å². The number of alkyl halides is 2. The second kappa shape index (κ2) is 12.2. The number of likely N-dealkylation sites (N-methyl/N-ethyl adjacent to an activating group) is 1. The number of likely N-dealkylation sites (tertiary alicyclic amines) is 1. The first-order chi connectivity index (χ1) is 19.7. The summed E-state index contributed by atoms with van der Waals surface area (Å²) < 4.78 is 41.9. The quantitative estimate of drug-likeness (QED) is 0.303. The molecule has 2 aromatic carbocycles. The lowest BCUT2D eigenvalue weighted by molar-refractivity contribution is -0.139. The number of benzene rings is 2. The average Bonchev–Trinajstić information content (AvgIpc) is 3.70. The normalized spacial score (nSPS) is 18.8. The smallest absolute Gasteiger partial charge is 0.387 e. The number of carbonyl (C=O) groups excluding carboxylic acids is 2. The molecule has 2 heterocycles. The summed E-state index contributed by atoms with van der Waals surface area (Å²) in [7, 11) is 3.49. The van der Waals surface area contributed by atoms with E-state index in [1.165, 1.54) is 17.0 Å². The third kappa shape index (κ3) is 7.00. The van der Waals surface area contributed by atoms with Crippen LogP contribution in [0.4, 0.5) is 14.5 Å². The second-order valence-electron chi connectivity index (χ2n) is 10.7. The van der Waals surface area contributed by atoms with E-state index in [0.717, 1.165) is 29.7 Å². The predicted molar refractivity (Wildman–Crippen MR) is 149 cm³/mol. The monoisotopic (exact) mass is 565 g/mol. The number of pyridine rings is 1. The van der Waals surface area contributed by atoms with Gasteiger partial charge in [0.05, 0.1) is 6.61 Å². The van der Waals surface area contributed by atoms with Crippen molar-refractivity contribution in [1.29, 1.82) is 0 Å². The Balaban J connectivity index is 1.25. The Hall–Kier alpha value is -4.05. The standard InChI is InChI=1S/C31H33F2N3O5/c1-19-7-12-23(13-8-19)36(3)29(37)24-5-4-6-28(34-24)41-30(38)25-15-22(17-35(25)2)21-11-14-26(40-31(32)33)27(16-21)39-18-20-9-10-20/h4-8,11-14,16,20,22,25,31H,9-10,15,17-18H2,1-3H3/t22-,25+/m0/s1. The molecule has 2 atom stereocenters. The molecule has 0 radical (unpaired) electrons. The number of hydrogen-bond acceptors (Lipinski definition) is 7. The third-order valence-corrected chi connectivity index (χ3v) is 7.52. The molecule has 0 N–H and O–H groups in total. The Morgan fingerprint density at radius 3 is 2.54 bits per heavy atom. The zero-order chi connectivity index (χ0) is 29.1.